The summed E-state index contributed by atoms with van der Waals surface area (Å²) in [6, 6.07) is 9.52. The molecular formula is C24H27FN8O2S2. The zero-order valence-corrected chi connectivity index (χ0v) is 22.4. The molecule has 13 heteroatoms. The maximum Gasteiger partial charge on any atom is 0.229 e. The zero-order valence-electron chi connectivity index (χ0n) is 20.7. The molecule has 1 aliphatic rings. The van der Waals surface area contributed by atoms with E-state index in [1.165, 1.54) is 25.5 Å². The summed E-state index contributed by atoms with van der Waals surface area (Å²) in [6.07, 6.45) is 3.01. The predicted molar refractivity (Wildman–Crippen MR) is 145 cm³/mol. The van der Waals surface area contributed by atoms with Gasteiger partial charge in [0, 0.05) is 58.6 Å². The molecule has 1 saturated heterocycles. The fourth-order valence-electron chi connectivity index (χ4n) is 3.88. The third-order valence-electron chi connectivity index (χ3n) is 5.78. The molecule has 0 unspecified atom stereocenters. The second-order valence-corrected chi connectivity index (χ2v) is 10.5. The van der Waals surface area contributed by atoms with E-state index in [1.54, 1.807) is 11.3 Å². The number of aromatic nitrogens is 4. The number of anilines is 3. The fraction of sp³-hybridized carbons (Fsp3) is 0.333. The molecule has 37 heavy (non-hydrogen) atoms. The molecule has 194 valence electrons. The van der Waals surface area contributed by atoms with Crippen molar-refractivity contribution < 1.29 is 13.6 Å². The van der Waals surface area contributed by atoms with E-state index in [1.807, 2.05) is 55.5 Å². The summed E-state index contributed by atoms with van der Waals surface area (Å²) in [4.78, 5) is 26.6. The highest BCUT2D eigenvalue weighted by Gasteiger charge is 2.18. The van der Waals surface area contributed by atoms with Crippen molar-refractivity contribution in [1.29, 1.82) is 0 Å². The van der Waals surface area contributed by atoms with E-state index in [4.69, 9.17) is 4.33 Å². The highest BCUT2D eigenvalue weighted by atomic mass is 32.2. The summed E-state index contributed by atoms with van der Waals surface area (Å²) < 4.78 is 22.7. The van der Waals surface area contributed by atoms with E-state index in [0.717, 1.165) is 53.6 Å². The van der Waals surface area contributed by atoms with Gasteiger partial charge in [-0.15, -0.1) is 4.33 Å². The maximum atomic E-state index is 14.7. The van der Waals surface area contributed by atoms with Gasteiger partial charge in [0.05, 0.1) is 23.5 Å². The van der Waals surface area contributed by atoms with Crippen molar-refractivity contribution in [1.82, 2.24) is 29.1 Å². The molecule has 1 aromatic carbocycles. The first-order valence-electron chi connectivity index (χ1n) is 11.7. The van der Waals surface area contributed by atoms with Crippen LogP contribution in [0.4, 0.5) is 21.3 Å². The van der Waals surface area contributed by atoms with Crippen LogP contribution in [0.2, 0.25) is 0 Å². The number of piperazine rings is 1. The highest BCUT2D eigenvalue weighted by molar-refractivity contribution is 7.92. The molecule has 0 amide bonds. The third-order valence-corrected chi connectivity index (χ3v) is 7.74. The van der Waals surface area contributed by atoms with E-state index in [2.05, 4.69) is 39.3 Å². The lowest BCUT2D eigenvalue weighted by atomic mass is 10.1. The Morgan fingerprint density at radius 3 is 2.65 bits per heavy atom. The number of hydrogen-bond acceptors (Lipinski definition) is 12. The van der Waals surface area contributed by atoms with Crippen molar-refractivity contribution in [2.75, 3.05) is 57.6 Å². The number of fused-ring (bicyclic) bond motifs is 1. The van der Waals surface area contributed by atoms with Gasteiger partial charge >= 0.3 is 0 Å². The fourth-order valence-corrected chi connectivity index (χ4v) is 5.27. The van der Waals surface area contributed by atoms with Gasteiger partial charge in [-0.25, -0.2) is 33.5 Å². The van der Waals surface area contributed by atoms with Gasteiger partial charge < -0.3 is 10.2 Å². The summed E-state index contributed by atoms with van der Waals surface area (Å²) >= 11 is 2.79. The van der Waals surface area contributed by atoms with Crippen LogP contribution in [0.15, 0.2) is 42.7 Å². The van der Waals surface area contributed by atoms with Crippen LogP contribution in [0.3, 0.4) is 0 Å². The molecule has 3 aromatic heterocycles. The first-order chi connectivity index (χ1) is 18.0. The maximum absolute atomic E-state index is 14.7. The standard InChI is InChI=1S/C24H27FN8O2S2/c1-31(2)24-28-19-6-5-17(12-20(19)36-24)22-18(25)14-27-23(30-22)29-21-7-4-16(13-26-21)15-32-8-10-33(11-9-32)37-35-34-3/h4-7,12-14H,8-11,15H2,1-3H3,(H,26,27,29,30). The topological polar surface area (TPSA) is 91.8 Å². The first kappa shape index (κ1) is 25.7. The van der Waals surface area contributed by atoms with Crippen LogP contribution in [-0.4, -0.2) is 76.5 Å². The third kappa shape index (κ3) is 6.32. The Morgan fingerprint density at radius 1 is 1.08 bits per heavy atom. The molecule has 0 saturated carbocycles. The normalized spacial score (nSPS) is 14.8. The average molecular weight is 543 g/mol. The molecular weight excluding hydrogens is 515 g/mol. The van der Waals surface area contributed by atoms with Crippen molar-refractivity contribution in [3.63, 3.8) is 0 Å². The highest BCUT2D eigenvalue weighted by Crippen LogP contribution is 2.32. The van der Waals surface area contributed by atoms with Crippen molar-refractivity contribution in [2.24, 2.45) is 0 Å². The van der Waals surface area contributed by atoms with Crippen molar-refractivity contribution >= 4 is 50.7 Å². The second-order valence-electron chi connectivity index (χ2n) is 8.65. The van der Waals surface area contributed by atoms with Crippen LogP contribution >= 0.6 is 23.6 Å². The molecule has 5 rings (SSSR count). The number of rotatable bonds is 9. The molecule has 10 nitrogen and oxygen atoms in total. The smallest absolute Gasteiger partial charge is 0.229 e. The number of pyridine rings is 1. The lowest BCUT2D eigenvalue weighted by Gasteiger charge is -2.32. The molecule has 0 atom stereocenters. The predicted octanol–water partition coefficient (Wildman–Crippen LogP) is 4.36. The van der Waals surface area contributed by atoms with Crippen LogP contribution in [0.25, 0.3) is 21.5 Å². The Kier molecular flexibility index (Phi) is 8.08. The summed E-state index contributed by atoms with van der Waals surface area (Å²) in [5.41, 5.74) is 2.87. The minimum absolute atomic E-state index is 0.226. The van der Waals surface area contributed by atoms with Crippen LogP contribution in [0, 0.1) is 5.82 Å². The molecule has 0 spiro atoms. The molecule has 0 bridgehead atoms. The lowest BCUT2D eigenvalue weighted by Crippen LogP contribution is -2.42. The van der Waals surface area contributed by atoms with E-state index >= 15 is 0 Å². The lowest BCUT2D eigenvalue weighted by molar-refractivity contribution is -0.164. The van der Waals surface area contributed by atoms with Gasteiger partial charge in [0.1, 0.15) is 23.7 Å². The van der Waals surface area contributed by atoms with E-state index in [0.29, 0.717) is 11.4 Å². The Labute approximate surface area is 222 Å². The first-order valence-corrected chi connectivity index (χ1v) is 13.2. The zero-order chi connectivity index (χ0) is 25.8. The number of nitrogens with zero attached hydrogens (tertiary/aromatic N) is 7. The largest absolute Gasteiger partial charge is 0.354 e. The van der Waals surface area contributed by atoms with Crippen molar-refractivity contribution in [3.8, 4) is 11.3 Å². The monoisotopic (exact) mass is 542 g/mol. The molecule has 1 N–H and O–H groups in total. The molecule has 4 aromatic rings. The van der Waals surface area contributed by atoms with Crippen LogP contribution < -0.4 is 10.2 Å². The van der Waals surface area contributed by atoms with Crippen molar-refractivity contribution in [2.45, 2.75) is 6.54 Å². The van der Waals surface area contributed by atoms with Crippen LogP contribution in [0.1, 0.15) is 5.56 Å². The summed E-state index contributed by atoms with van der Waals surface area (Å²) in [7, 11) is 5.39. The average Bonchev–Trinajstić information content (AvgIpc) is 3.35. The van der Waals surface area contributed by atoms with E-state index in [-0.39, 0.29) is 11.6 Å². The van der Waals surface area contributed by atoms with Crippen LogP contribution in [-0.2, 0) is 15.8 Å². The Balaban J connectivity index is 1.23. The summed E-state index contributed by atoms with van der Waals surface area (Å²) in [5.74, 6) is 0.382. The molecule has 0 radical (unpaired) electrons. The molecule has 1 aliphatic heterocycles. The Morgan fingerprint density at radius 2 is 1.92 bits per heavy atom. The number of thiazole rings is 1. The summed E-state index contributed by atoms with van der Waals surface area (Å²) in [6.45, 7) is 4.44. The quantitative estimate of drug-likeness (QED) is 0.142. The van der Waals surface area contributed by atoms with Gasteiger partial charge in [-0.3, -0.25) is 4.90 Å². The molecule has 4 heterocycles. The van der Waals surface area contributed by atoms with Crippen molar-refractivity contribution in [3.05, 3.63) is 54.1 Å². The van der Waals surface area contributed by atoms with Gasteiger partial charge in [0.15, 0.2) is 10.9 Å². The van der Waals surface area contributed by atoms with Gasteiger partial charge in [-0.05, 0) is 23.8 Å². The minimum Gasteiger partial charge on any atom is -0.354 e. The van der Waals surface area contributed by atoms with Gasteiger partial charge in [0.25, 0.3) is 0 Å². The van der Waals surface area contributed by atoms with E-state index < -0.39 is 5.82 Å². The van der Waals surface area contributed by atoms with Gasteiger partial charge in [-0.1, -0.05) is 23.5 Å². The SMILES string of the molecule is COOSN1CCN(Cc2ccc(Nc3ncc(F)c(-c4ccc5nc(N(C)C)sc5c4)n3)nc2)CC1. The number of hydrogen-bond donors (Lipinski definition) is 1. The number of nitrogens with one attached hydrogen (secondary N) is 1. The van der Waals surface area contributed by atoms with Gasteiger partial charge in [-0.2, -0.15) is 0 Å². The Hall–Kier alpha value is -2.94. The van der Waals surface area contributed by atoms with E-state index in [9.17, 15) is 4.39 Å². The van der Waals surface area contributed by atoms with Crippen LogP contribution in [0.5, 0.6) is 0 Å². The Bertz CT molecular complexity index is 1350. The minimum atomic E-state index is -0.488. The second kappa shape index (κ2) is 11.6. The van der Waals surface area contributed by atoms with Gasteiger partial charge in [0.2, 0.25) is 5.95 Å². The summed E-state index contributed by atoms with van der Waals surface area (Å²) in [5, 5.41) is 3.98. The number of halogens is 1. The molecule has 1 fully saturated rings. The number of benzene rings is 1. The molecule has 0 aliphatic carbocycles.